The molecule has 0 aliphatic heterocycles. The Morgan fingerprint density at radius 3 is 2.53 bits per heavy atom. The topological polar surface area (TPSA) is 9.23 Å². The van der Waals surface area contributed by atoms with Crippen LogP contribution in [-0.4, -0.2) is 15.9 Å². The first-order valence-corrected chi connectivity index (χ1v) is 6.07. The van der Waals surface area contributed by atoms with Gasteiger partial charge in [0.2, 0.25) is 0 Å². The van der Waals surface area contributed by atoms with Gasteiger partial charge in [-0.05, 0) is 29.8 Å². The van der Waals surface area contributed by atoms with Crippen LogP contribution in [0.3, 0.4) is 0 Å². The highest BCUT2D eigenvalue weighted by atomic mass is 28.2. The second-order valence-electron chi connectivity index (χ2n) is 3.80. The third-order valence-corrected chi connectivity index (χ3v) is 3.44. The van der Waals surface area contributed by atoms with Crippen LogP contribution in [0.4, 0.5) is 0 Å². The molecule has 0 N–H and O–H groups in total. The summed E-state index contributed by atoms with van der Waals surface area (Å²) in [7, 11) is 0.439. The molecule has 0 heterocycles. The van der Waals surface area contributed by atoms with Gasteiger partial charge in [0.05, 0.1) is 0 Å². The number of benzene rings is 2. The number of hydrogen-bond donors (Lipinski definition) is 0. The first-order chi connectivity index (χ1) is 7.27. The summed E-state index contributed by atoms with van der Waals surface area (Å²) in [6.45, 7) is 4.14. The zero-order chi connectivity index (χ0) is 10.7. The lowest BCUT2D eigenvalue weighted by molar-refractivity contribution is 0.260. The summed E-state index contributed by atoms with van der Waals surface area (Å²) in [5.74, 6) is 0. The second kappa shape index (κ2) is 4.60. The van der Waals surface area contributed by atoms with Gasteiger partial charge in [-0.25, -0.2) is 0 Å². The van der Waals surface area contributed by atoms with E-state index in [1.165, 1.54) is 16.0 Å². The van der Waals surface area contributed by atoms with E-state index in [0.29, 0.717) is 15.9 Å². The first-order valence-electron chi connectivity index (χ1n) is 5.17. The van der Waals surface area contributed by atoms with Crippen molar-refractivity contribution in [3.8, 4) is 0 Å². The van der Waals surface area contributed by atoms with Gasteiger partial charge in [-0.2, -0.15) is 0 Å². The Balaban J connectivity index is 2.34. The van der Waals surface area contributed by atoms with E-state index >= 15 is 0 Å². The normalized spacial score (nSPS) is 11.1. The van der Waals surface area contributed by atoms with Gasteiger partial charge in [0.1, 0.15) is 0 Å². The summed E-state index contributed by atoms with van der Waals surface area (Å²) in [6, 6.07) is 14.8. The van der Waals surface area contributed by atoms with Crippen molar-refractivity contribution in [2.75, 3.05) is 0 Å². The third kappa shape index (κ3) is 2.46. The van der Waals surface area contributed by atoms with Crippen molar-refractivity contribution < 1.29 is 4.43 Å². The SMILES string of the molecule is CC(C)O[Si]c1cccc2ccccc12. The van der Waals surface area contributed by atoms with E-state index in [4.69, 9.17) is 4.43 Å². The lowest BCUT2D eigenvalue weighted by Crippen LogP contribution is -2.21. The molecule has 0 aromatic heterocycles. The molecule has 15 heavy (non-hydrogen) atoms. The van der Waals surface area contributed by atoms with E-state index in [1.807, 2.05) is 0 Å². The van der Waals surface area contributed by atoms with Crippen molar-refractivity contribution in [1.82, 2.24) is 0 Å². The second-order valence-corrected chi connectivity index (χ2v) is 4.77. The lowest BCUT2D eigenvalue weighted by atomic mass is 10.1. The van der Waals surface area contributed by atoms with Gasteiger partial charge >= 0.3 is 0 Å². The van der Waals surface area contributed by atoms with Crippen LogP contribution < -0.4 is 5.19 Å². The fourth-order valence-electron chi connectivity index (χ4n) is 1.50. The third-order valence-electron chi connectivity index (χ3n) is 2.19. The van der Waals surface area contributed by atoms with Gasteiger partial charge in [-0.3, -0.25) is 0 Å². The van der Waals surface area contributed by atoms with Gasteiger partial charge in [-0.1, -0.05) is 42.5 Å². The summed E-state index contributed by atoms with van der Waals surface area (Å²) in [6.07, 6.45) is 0.294. The zero-order valence-electron chi connectivity index (χ0n) is 9.03. The quantitative estimate of drug-likeness (QED) is 0.713. The smallest absolute Gasteiger partial charge is 0.269 e. The molecule has 0 saturated carbocycles. The van der Waals surface area contributed by atoms with Crippen molar-refractivity contribution in [3.63, 3.8) is 0 Å². The van der Waals surface area contributed by atoms with Crippen LogP contribution >= 0.6 is 0 Å². The fraction of sp³-hybridized carbons (Fsp3) is 0.231. The van der Waals surface area contributed by atoms with Crippen molar-refractivity contribution in [3.05, 3.63) is 42.5 Å². The lowest BCUT2D eigenvalue weighted by Gasteiger charge is -2.08. The summed E-state index contributed by atoms with van der Waals surface area (Å²) in [5, 5.41) is 3.88. The molecule has 2 aromatic carbocycles. The molecule has 2 aromatic rings. The maximum Gasteiger partial charge on any atom is 0.269 e. The summed E-state index contributed by atoms with van der Waals surface area (Å²) >= 11 is 0. The summed E-state index contributed by atoms with van der Waals surface area (Å²) in [5.41, 5.74) is 0. The number of fused-ring (bicyclic) bond motifs is 1. The van der Waals surface area contributed by atoms with Crippen molar-refractivity contribution >= 4 is 25.7 Å². The van der Waals surface area contributed by atoms with Gasteiger partial charge in [0, 0.05) is 6.10 Å². The Hall–Kier alpha value is -1.12. The van der Waals surface area contributed by atoms with Crippen molar-refractivity contribution in [1.29, 1.82) is 0 Å². The van der Waals surface area contributed by atoms with Crippen LogP contribution in [0.5, 0.6) is 0 Å². The van der Waals surface area contributed by atoms with Gasteiger partial charge in [-0.15, -0.1) is 0 Å². The highest BCUT2D eigenvalue weighted by Gasteiger charge is 2.03. The molecule has 0 aliphatic rings. The van der Waals surface area contributed by atoms with Crippen molar-refractivity contribution in [2.24, 2.45) is 0 Å². The maximum absolute atomic E-state index is 5.66. The van der Waals surface area contributed by atoms with Crippen LogP contribution in [0.1, 0.15) is 13.8 Å². The highest BCUT2D eigenvalue weighted by molar-refractivity contribution is 6.51. The minimum atomic E-state index is 0.294. The Labute approximate surface area is 93.0 Å². The number of rotatable bonds is 3. The molecule has 0 aliphatic carbocycles. The Kier molecular flexibility index (Phi) is 3.19. The minimum absolute atomic E-state index is 0.294. The monoisotopic (exact) mass is 214 g/mol. The average Bonchev–Trinajstić information content (AvgIpc) is 2.26. The molecule has 0 saturated heterocycles. The zero-order valence-corrected chi connectivity index (χ0v) is 10.0. The largest absolute Gasteiger partial charge is 0.409 e. The van der Waals surface area contributed by atoms with Gasteiger partial charge < -0.3 is 4.43 Å². The standard InChI is InChI=1S/C13H14OSi/c1-10(2)14-15-13-9-5-7-11-6-3-4-8-12(11)13/h3-10H,1-2H3. The molecule has 2 radical (unpaired) electrons. The van der Waals surface area contributed by atoms with E-state index in [2.05, 4.69) is 56.3 Å². The highest BCUT2D eigenvalue weighted by Crippen LogP contribution is 2.10. The van der Waals surface area contributed by atoms with Crippen LogP contribution in [-0.2, 0) is 4.43 Å². The minimum Gasteiger partial charge on any atom is -0.409 e. The van der Waals surface area contributed by atoms with E-state index in [-0.39, 0.29) is 0 Å². The molecule has 2 heteroatoms. The van der Waals surface area contributed by atoms with Crippen LogP contribution in [0.15, 0.2) is 42.5 Å². The maximum atomic E-state index is 5.66. The predicted molar refractivity (Wildman–Crippen MR) is 65.6 cm³/mol. The van der Waals surface area contributed by atoms with E-state index in [0.717, 1.165) is 0 Å². The molecule has 0 bridgehead atoms. The van der Waals surface area contributed by atoms with Crippen LogP contribution in [0.25, 0.3) is 10.8 Å². The molecule has 0 unspecified atom stereocenters. The summed E-state index contributed by atoms with van der Waals surface area (Å²) < 4.78 is 5.66. The van der Waals surface area contributed by atoms with Crippen molar-refractivity contribution in [2.45, 2.75) is 20.0 Å². The fourth-order valence-corrected chi connectivity index (χ4v) is 2.36. The molecule has 0 fully saturated rings. The first kappa shape index (κ1) is 10.4. The van der Waals surface area contributed by atoms with Crippen LogP contribution in [0.2, 0.25) is 0 Å². The summed E-state index contributed by atoms with van der Waals surface area (Å²) in [4.78, 5) is 0. The van der Waals surface area contributed by atoms with E-state index < -0.39 is 0 Å². The molecule has 0 spiro atoms. The van der Waals surface area contributed by atoms with E-state index in [9.17, 15) is 0 Å². The molecule has 2 rings (SSSR count). The molecule has 0 amide bonds. The van der Waals surface area contributed by atoms with Gasteiger partial charge in [0.25, 0.3) is 9.76 Å². The molecule has 0 atom stereocenters. The van der Waals surface area contributed by atoms with E-state index in [1.54, 1.807) is 0 Å². The van der Waals surface area contributed by atoms with Gasteiger partial charge in [0.15, 0.2) is 0 Å². The predicted octanol–water partition coefficient (Wildman–Crippen LogP) is 2.51. The molecular formula is C13H14OSi. The molecule has 76 valence electrons. The number of hydrogen-bond acceptors (Lipinski definition) is 1. The Bertz CT molecular complexity index is 446. The average molecular weight is 214 g/mol. The Morgan fingerprint density at radius 1 is 1.00 bits per heavy atom. The molecular weight excluding hydrogens is 200 g/mol. The molecule has 1 nitrogen and oxygen atoms in total. The Morgan fingerprint density at radius 2 is 1.73 bits per heavy atom. The van der Waals surface area contributed by atoms with Crippen LogP contribution in [0, 0.1) is 0 Å².